The van der Waals surface area contributed by atoms with E-state index in [0.717, 1.165) is 12.1 Å². The quantitative estimate of drug-likeness (QED) is 0.427. The molecule has 2 aromatic carbocycles. The molecule has 0 aliphatic carbocycles. The van der Waals surface area contributed by atoms with Gasteiger partial charge in [0.1, 0.15) is 17.2 Å². The van der Waals surface area contributed by atoms with E-state index in [1.807, 2.05) is 0 Å². The lowest BCUT2D eigenvalue weighted by molar-refractivity contribution is 0.431. The van der Waals surface area contributed by atoms with Crippen molar-refractivity contribution in [2.24, 2.45) is 0 Å². The third-order valence-electron chi connectivity index (χ3n) is 4.51. The summed E-state index contributed by atoms with van der Waals surface area (Å²) in [7, 11) is 0. The van der Waals surface area contributed by atoms with Crippen LogP contribution in [0.3, 0.4) is 0 Å². The molecule has 0 fully saturated rings. The van der Waals surface area contributed by atoms with E-state index >= 15 is 0 Å². The van der Waals surface area contributed by atoms with Crippen molar-refractivity contribution in [2.45, 2.75) is 0 Å². The Labute approximate surface area is 172 Å². The first-order chi connectivity index (χ1) is 15.1. The Balaban J connectivity index is 1.66. The van der Waals surface area contributed by atoms with Crippen molar-refractivity contribution >= 4 is 0 Å². The van der Waals surface area contributed by atoms with Crippen molar-refractivity contribution < 1.29 is 17.7 Å². The standard InChI is InChI=1S/C21H11F3N6O/c22-14-6-5-13(11-16(14)24)20-26-21(31-28-20)18-19(12-7-9-25-10-8-12)30(29-27-18)17-4-2-1-3-15(17)23/h1-11H. The molecule has 3 aromatic heterocycles. The fourth-order valence-corrected chi connectivity index (χ4v) is 3.06. The zero-order valence-corrected chi connectivity index (χ0v) is 15.6. The number of pyridine rings is 1. The Morgan fingerprint density at radius 2 is 1.61 bits per heavy atom. The Bertz CT molecular complexity index is 1380. The lowest BCUT2D eigenvalue weighted by Gasteiger charge is -2.08. The highest BCUT2D eigenvalue weighted by molar-refractivity contribution is 5.76. The van der Waals surface area contributed by atoms with Gasteiger partial charge in [-0.1, -0.05) is 22.5 Å². The summed E-state index contributed by atoms with van der Waals surface area (Å²) in [4.78, 5) is 8.24. The third-order valence-corrected chi connectivity index (χ3v) is 4.51. The number of rotatable bonds is 4. The topological polar surface area (TPSA) is 82.5 Å². The van der Waals surface area contributed by atoms with Gasteiger partial charge in [-0.2, -0.15) is 4.98 Å². The maximum Gasteiger partial charge on any atom is 0.281 e. The van der Waals surface area contributed by atoms with Crippen LogP contribution in [0.25, 0.3) is 39.9 Å². The number of hydrogen-bond acceptors (Lipinski definition) is 6. The van der Waals surface area contributed by atoms with Crippen molar-refractivity contribution in [3.05, 3.63) is 84.4 Å². The minimum atomic E-state index is -1.04. The Morgan fingerprint density at radius 1 is 0.806 bits per heavy atom. The van der Waals surface area contributed by atoms with Crippen molar-refractivity contribution in [1.82, 2.24) is 30.1 Å². The van der Waals surface area contributed by atoms with Crippen LogP contribution in [0.4, 0.5) is 13.2 Å². The van der Waals surface area contributed by atoms with E-state index in [1.54, 1.807) is 42.7 Å². The smallest absolute Gasteiger partial charge is 0.281 e. The molecule has 7 nitrogen and oxygen atoms in total. The second kappa shape index (κ2) is 7.48. The summed E-state index contributed by atoms with van der Waals surface area (Å²) in [5, 5.41) is 12.0. The summed E-state index contributed by atoms with van der Waals surface area (Å²) in [5.74, 6) is -2.50. The summed E-state index contributed by atoms with van der Waals surface area (Å²) >= 11 is 0. The first-order valence-corrected chi connectivity index (χ1v) is 9.02. The summed E-state index contributed by atoms with van der Waals surface area (Å²) < 4.78 is 47.9. The zero-order valence-electron chi connectivity index (χ0n) is 15.6. The van der Waals surface area contributed by atoms with E-state index in [9.17, 15) is 13.2 Å². The number of benzene rings is 2. The molecule has 0 spiro atoms. The Kier molecular flexibility index (Phi) is 4.51. The molecule has 5 aromatic rings. The largest absolute Gasteiger partial charge is 0.332 e. The van der Waals surface area contributed by atoms with Gasteiger partial charge < -0.3 is 4.52 Å². The molecular formula is C21H11F3N6O. The van der Waals surface area contributed by atoms with Crippen LogP contribution < -0.4 is 0 Å². The molecule has 0 saturated carbocycles. The first kappa shape index (κ1) is 18.7. The lowest BCUT2D eigenvalue weighted by Crippen LogP contribution is -2.02. The van der Waals surface area contributed by atoms with Crippen molar-refractivity contribution in [3.63, 3.8) is 0 Å². The van der Waals surface area contributed by atoms with Gasteiger partial charge in [-0.05, 0) is 42.5 Å². The van der Waals surface area contributed by atoms with E-state index in [1.165, 1.54) is 16.8 Å². The van der Waals surface area contributed by atoms with E-state index in [4.69, 9.17) is 4.52 Å². The fraction of sp³-hybridized carbons (Fsp3) is 0. The van der Waals surface area contributed by atoms with Crippen molar-refractivity contribution in [2.75, 3.05) is 0 Å². The van der Waals surface area contributed by atoms with Gasteiger partial charge in [0.25, 0.3) is 5.89 Å². The predicted octanol–water partition coefficient (Wildman–Crippen LogP) is 4.46. The molecule has 0 aliphatic heterocycles. The SMILES string of the molecule is Fc1ccc(-c2noc(-c3nnn(-c4ccccc4F)c3-c3ccncc3)n2)cc1F. The number of halogens is 3. The van der Waals surface area contributed by atoms with Crippen LogP contribution in [-0.2, 0) is 0 Å². The van der Waals surface area contributed by atoms with Gasteiger partial charge in [0.05, 0.1) is 0 Å². The normalized spacial score (nSPS) is 11.1. The molecule has 0 unspecified atom stereocenters. The minimum absolute atomic E-state index is 0.0193. The van der Waals surface area contributed by atoms with Crippen LogP contribution in [0, 0.1) is 17.5 Å². The molecule has 3 heterocycles. The minimum Gasteiger partial charge on any atom is -0.332 e. The second-order valence-corrected chi connectivity index (χ2v) is 6.44. The van der Waals surface area contributed by atoms with Gasteiger partial charge in [0.2, 0.25) is 5.82 Å². The Hall–Kier alpha value is -4.34. The molecule has 0 radical (unpaired) electrons. The monoisotopic (exact) mass is 420 g/mol. The molecule has 0 saturated heterocycles. The average molecular weight is 420 g/mol. The molecule has 5 rings (SSSR count). The molecular weight excluding hydrogens is 409 g/mol. The van der Waals surface area contributed by atoms with Crippen LogP contribution in [0.1, 0.15) is 0 Å². The van der Waals surface area contributed by atoms with Gasteiger partial charge in [-0.3, -0.25) is 4.98 Å². The molecule has 0 bridgehead atoms. The number of hydrogen-bond donors (Lipinski definition) is 0. The Morgan fingerprint density at radius 3 is 2.39 bits per heavy atom. The number of para-hydroxylation sites is 1. The summed E-state index contributed by atoms with van der Waals surface area (Å²) in [6.07, 6.45) is 3.14. The summed E-state index contributed by atoms with van der Waals surface area (Å²) in [6.45, 7) is 0. The average Bonchev–Trinajstić information content (AvgIpc) is 3.44. The predicted molar refractivity (Wildman–Crippen MR) is 103 cm³/mol. The highest BCUT2D eigenvalue weighted by Crippen LogP contribution is 2.32. The lowest BCUT2D eigenvalue weighted by atomic mass is 10.1. The molecule has 0 atom stereocenters. The zero-order chi connectivity index (χ0) is 21.4. The van der Waals surface area contributed by atoms with Gasteiger partial charge in [0.15, 0.2) is 17.3 Å². The van der Waals surface area contributed by atoms with Crippen molar-refractivity contribution in [3.8, 4) is 39.9 Å². The van der Waals surface area contributed by atoms with Crippen LogP contribution in [-0.4, -0.2) is 30.1 Å². The summed E-state index contributed by atoms with van der Waals surface area (Å²) in [6, 6.07) is 12.8. The van der Waals surface area contributed by atoms with Crippen LogP contribution in [0.5, 0.6) is 0 Å². The van der Waals surface area contributed by atoms with E-state index in [0.29, 0.717) is 11.3 Å². The number of aromatic nitrogens is 6. The maximum absolute atomic E-state index is 14.5. The number of nitrogens with zero attached hydrogens (tertiary/aromatic N) is 6. The van der Waals surface area contributed by atoms with E-state index in [-0.39, 0.29) is 28.7 Å². The second-order valence-electron chi connectivity index (χ2n) is 6.44. The molecule has 10 heteroatoms. The molecule has 31 heavy (non-hydrogen) atoms. The first-order valence-electron chi connectivity index (χ1n) is 9.02. The third kappa shape index (κ3) is 3.33. The molecule has 0 aliphatic rings. The van der Waals surface area contributed by atoms with Gasteiger partial charge >= 0.3 is 0 Å². The molecule has 0 amide bonds. The van der Waals surface area contributed by atoms with Crippen molar-refractivity contribution in [1.29, 1.82) is 0 Å². The fourth-order valence-electron chi connectivity index (χ4n) is 3.06. The maximum atomic E-state index is 14.5. The van der Waals surface area contributed by atoms with Crippen LogP contribution in [0.15, 0.2) is 71.5 Å². The van der Waals surface area contributed by atoms with Gasteiger partial charge in [-0.15, -0.1) is 5.10 Å². The van der Waals surface area contributed by atoms with Crippen LogP contribution in [0.2, 0.25) is 0 Å². The highest BCUT2D eigenvalue weighted by atomic mass is 19.2. The highest BCUT2D eigenvalue weighted by Gasteiger charge is 2.24. The van der Waals surface area contributed by atoms with E-state index < -0.39 is 17.5 Å². The molecule has 152 valence electrons. The van der Waals surface area contributed by atoms with Gasteiger partial charge in [0, 0.05) is 23.5 Å². The summed E-state index contributed by atoms with van der Waals surface area (Å²) in [5.41, 5.74) is 1.61. The van der Waals surface area contributed by atoms with Gasteiger partial charge in [-0.25, -0.2) is 17.9 Å². The van der Waals surface area contributed by atoms with Crippen LogP contribution >= 0.6 is 0 Å². The molecule has 0 N–H and O–H groups in total. The van der Waals surface area contributed by atoms with E-state index in [2.05, 4.69) is 25.4 Å².